The van der Waals surface area contributed by atoms with E-state index >= 15 is 0 Å². The van der Waals surface area contributed by atoms with Gasteiger partial charge in [0.05, 0.1) is 15.7 Å². The molecule has 0 saturated carbocycles. The number of likely N-dealkylation sites (N-methyl/N-ethyl adjacent to an activating group) is 1. The second-order valence-corrected chi connectivity index (χ2v) is 7.54. The molecule has 0 spiro atoms. The summed E-state index contributed by atoms with van der Waals surface area (Å²) in [6.45, 7) is 1.65. The van der Waals surface area contributed by atoms with Crippen molar-refractivity contribution in [2.24, 2.45) is 0 Å². The van der Waals surface area contributed by atoms with Crippen molar-refractivity contribution < 1.29 is 9.53 Å². The van der Waals surface area contributed by atoms with Gasteiger partial charge in [-0.05, 0) is 43.4 Å². The molecule has 0 bridgehead atoms. The molecule has 0 unspecified atom stereocenters. The number of halogens is 2. The highest BCUT2D eigenvalue weighted by Gasteiger charge is 2.31. The van der Waals surface area contributed by atoms with Crippen LogP contribution in [0, 0.1) is 0 Å². The number of aromatic nitrogens is 2. The van der Waals surface area contributed by atoms with Crippen LogP contribution in [0.15, 0.2) is 48.7 Å². The molecule has 160 valence electrons. The first-order valence-corrected chi connectivity index (χ1v) is 10.3. The summed E-state index contributed by atoms with van der Waals surface area (Å²) in [4.78, 5) is 22.9. The lowest BCUT2D eigenvalue weighted by molar-refractivity contribution is 0.0932. The summed E-state index contributed by atoms with van der Waals surface area (Å²) in [5.74, 6) is 0.193. The molecular formula is C21H20Cl2N6O2. The third kappa shape index (κ3) is 4.66. The maximum atomic E-state index is 13.0. The highest BCUT2D eigenvalue weighted by Crippen LogP contribution is 2.37. The van der Waals surface area contributed by atoms with Gasteiger partial charge in [0.2, 0.25) is 11.8 Å². The maximum Gasteiger partial charge on any atom is 0.268 e. The minimum atomic E-state index is -0.334. The molecule has 1 amide bonds. The molecule has 31 heavy (non-hydrogen) atoms. The Hall–Kier alpha value is -3.07. The van der Waals surface area contributed by atoms with E-state index in [0.717, 1.165) is 24.5 Å². The zero-order valence-corrected chi connectivity index (χ0v) is 18.2. The number of hydrogen-bond acceptors (Lipinski definition) is 7. The third-order valence-electron chi connectivity index (χ3n) is 4.61. The van der Waals surface area contributed by atoms with Crippen LogP contribution in [0.3, 0.4) is 0 Å². The normalized spacial score (nSPS) is 12.9. The van der Waals surface area contributed by atoms with E-state index in [1.165, 1.54) is 11.1 Å². The van der Waals surface area contributed by atoms with Crippen LogP contribution in [-0.2, 0) is 0 Å². The topological polar surface area (TPSA) is 91.4 Å². The molecule has 0 atom stereocenters. The molecule has 1 aliphatic rings. The smallest absolute Gasteiger partial charge is 0.268 e. The van der Waals surface area contributed by atoms with Crippen molar-refractivity contribution >= 4 is 52.1 Å². The Labute approximate surface area is 189 Å². The number of amides is 1. The van der Waals surface area contributed by atoms with Crippen LogP contribution < -0.4 is 25.6 Å². The number of hydrogen-bond donors (Lipinski definition) is 3. The number of nitrogens with zero attached hydrogens (tertiary/aromatic N) is 3. The second kappa shape index (κ2) is 9.38. The molecule has 4 rings (SSSR count). The van der Waals surface area contributed by atoms with Crippen molar-refractivity contribution in [2.75, 3.05) is 42.4 Å². The molecule has 0 aliphatic carbocycles. The minimum absolute atomic E-state index is 0.0568. The fourth-order valence-corrected chi connectivity index (χ4v) is 3.66. The lowest BCUT2D eigenvalue weighted by Crippen LogP contribution is -2.39. The largest absolute Gasteiger partial charge is 0.455 e. The van der Waals surface area contributed by atoms with Gasteiger partial charge in [-0.15, -0.1) is 0 Å². The van der Waals surface area contributed by atoms with Crippen molar-refractivity contribution in [1.82, 2.24) is 15.3 Å². The van der Waals surface area contributed by atoms with Crippen LogP contribution >= 0.6 is 23.2 Å². The van der Waals surface area contributed by atoms with Gasteiger partial charge in [0, 0.05) is 30.7 Å². The first kappa shape index (κ1) is 21.2. The Morgan fingerprint density at radius 1 is 1.06 bits per heavy atom. The summed E-state index contributed by atoms with van der Waals surface area (Å²) in [5.41, 5.74) is 2.45. The zero-order valence-electron chi connectivity index (χ0n) is 16.7. The van der Waals surface area contributed by atoms with Crippen molar-refractivity contribution in [3.05, 3.63) is 64.3 Å². The van der Waals surface area contributed by atoms with Crippen molar-refractivity contribution in [1.29, 1.82) is 0 Å². The molecule has 0 saturated heterocycles. The molecule has 10 heteroatoms. The lowest BCUT2D eigenvalue weighted by Gasteiger charge is -2.29. The van der Waals surface area contributed by atoms with E-state index in [0.29, 0.717) is 21.7 Å². The summed E-state index contributed by atoms with van der Waals surface area (Å²) < 4.78 is 5.70. The van der Waals surface area contributed by atoms with E-state index in [1.54, 1.807) is 18.2 Å². The first-order chi connectivity index (χ1) is 15.1. The van der Waals surface area contributed by atoms with E-state index in [-0.39, 0.29) is 24.1 Å². The predicted octanol–water partition coefficient (Wildman–Crippen LogP) is 4.16. The highest BCUT2D eigenvalue weighted by atomic mass is 35.5. The van der Waals surface area contributed by atoms with Crippen LogP contribution in [0.4, 0.5) is 23.0 Å². The summed E-state index contributed by atoms with van der Waals surface area (Å²) in [6, 6.07) is 12.8. The Balaban J connectivity index is 1.48. The van der Waals surface area contributed by atoms with Gasteiger partial charge >= 0.3 is 0 Å². The SMILES string of the molecule is CNCCNc1ccc(Nc2ncc3c(n2)OCN(c2c(Cl)cccc2Cl)C3=O)cc1. The Morgan fingerprint density at radius 3 is 2.48 bits per heavy atom. The van der Waals surface area contributed by atoms with Crippen LogP contribution in [0.2, 0.25) is 10.0 Å². The van der Waals surface area contributed by atoms with Gasteiger partial charge in [-0.2, -0.15) is 4.98 Å². The minimum Gasteiger partial charge on any atom is -0.455 e. The van der Waals surface area contributed by atoms with Gasteiger partial charge in [0.15, 0.2) is 6.73 Å². The molecule has 1 aliphatic heterocycles. The fourth-order valence-electron chi connectivity index (χ4n) is 3.06. The number of nitrogens with one attached hydrogen (secondary N) is 3. The maximum absolute atomic E-state index is 13.0. The fraction of sp³-hybridized carbons (Fsp3) is 0.190. The number of carbonyl (C=O) groups is 1. The molecular weight excluding hydrogens is 439 g/mol. The van der Waals surface area contributed by atoms with Crippen LogP contribution in [0.1, 0.15) is 10.4 Å². The van der Waals surface area contributed by atoms with Gasteiger partial charge in [-0.3, -0.25) is 9.69 Å². The molecule has 3 N–H and O–H groups in total. The van der Waals surface area contributed by atoms with E-state index < -0.39 is 0 Å². The molecule has 2 heterocycles. The van der Waals surface area contributed by atoms with E-state index in [2.05, 4.69) is 25.9 Å². The average Bonchev–Trinajstić information content (AvgIpc) is 2.76. The number of anilines is 4. The number of benzene rings is 2. The Bertz CT molecular complexity index is 1070. The number of fused-ring (bicyclic) bond motifs is 1. The first-order valence-electron chi connectivity index (χ1n) is 9.58. The summed E-state index contributed by atoms with van der Waals surface area (Å²) in [7, 11) is 1.91. The zero-order chi connectivity index (χ0) is 21.8. The molecule has 0 radical (unpaired) electrons. The van der Waals surface area contributed by atoms with Crippen molar-refractivity contribution in [3.63, 3.8) is 0 Å². The van der Waals surface area contributed by atoms with Crippen molar-refractivity contribution in [3.8, 4) is 5.88 Å². The summed E-state index contributed by atoms with van der Waals surface area (Å²) in [6.07, 6.45) is 1.43. The summed E-state index contributed by atoms with van der Waals surface area (Å²) >= 11 is 12.5. The van der Waals surface area contributed by atoms with Gasteiger partial charge in [0.1, 0.15) is 5.56 Å². The van der Waals surface area contributed by atoms with E-state index in [9.17, 15) is 4.79 Å². The summed E-state index contributed by atoms with van der Waals surface area (Å²) in [5, 5.41) is 10.2. The van der Waals surface area contributed by atoms with Crippen LogP contribution in [-0.4, -0.2) is 42.7 Å². The third-order valence-corrected chi connectivity index (χ3v) is 5.22. The monoisotopic (exact) mass is 458 g/mol. The quantitative estimate of drug-likeness (QED) is 0.457. The molecule has 1 aromatic heterocycles. The molecule has 8 nitrogen and oxygen atoms in total. The standard InChI is InChI=1S/C21H20Cl2N6O2/c1-24-9-10-25-13-5-7-14(8-6-13)27-21-26-11-15-19(28-21)31-12-29(20(15)30)18-16(22)3-2-4-17(18)23/h2-8,11,24-25H,9-10,12H2,1H3,(H,26,27,28). The number of carbonyl (C=O) groups excluding carboxylic acids is 1. The van der Waals surface area contributed by atoms with Gasteiger partial charge in [-0.1, -0.05) is 29.3 Å². The Kier molecular flexibility index (Phi) is 6.41. The van der Waals surface area contributed by atoms with Gasteiger partial charge < -0.3 is 20.7 Å². The number of rotatable bonds is 7. The average molecular weight is 459 g/mol. The van der Waals surface area contributed by atoms with Crippen molar-refractivity contribution in [2.45, 2.75) is 0 Å². The second-order valence-electron chi connectivity index (χ2n) is 6.72. The van der Waals surface area contributed by atoms with Gasteiger partial charge in [-0.25, -0.2) is 4.98 Å². The highest BCUT2D eigenvalue weighted by molar-refractivity contribution is 6.40. The van der Waals surface area contributed by atoms with Crippen LogP contribution in [0.25, 0.3) is 0 Å². The lowest BCUT2D eigenvalue weighted by atomic mass is 10.2. The van der Waals surface area contributed by atoms with Crippen LogP contribution in [0.5, 0.6) is 5.88 Å². The molecule has 3 aromatic rings. The predicted molar refractivity (Wildman–Crippen MR) is 123 cm³/mol. The van der Waals surface area contributed by atoms with Gasteiger partial charge in [0.25, 0.3) is 5.91 Å². The molecule has 2 aromatic carbocycles. The number of para-hydroxylation sites is 1. The van der Waals surface area contributed by atoms with E-state index in [4.69, 9.17) is 27.9 Å². The Morgan fingerprint density at radius 2 is 1.77 bits per heavy atom. The van der Waals surface area contributed by atoms with E-state index in [1.807, 2.05) is 31.3 Å². The molecule has 0 fully saturated rings. The number of ether oxygens (including phenoxy) is 1.